The van der Waals surface area contributed by atoms with E-state index in [1.54, 1.807) is 26.2 Å². The Morgan fingerprint density at radius 3 is 2.31 bits per heavy atom. The van der Waals surface area contributed by atoms with Crippen molar-refractivity contribution in [1.29, 1.82) is 0 Å². The van der Waals surface area contributed by atoms with Crippen LogP contribution in [0.2, 0.25) is 0 Å². The van der Waals surface area contributed by atoms with Gasteiger partial charge in [0.15, 0.2) is 11.4 Å². The minimum absolute atomic E-state index is 0.0615. The van der Waals surface area contributed by atoms with Gasteiger partial charge in [-0.25, -0.2) is 0 Å². The van der Waals surface area contributed by atoms with Crippen LogP contribution in [0, 0.1) is 12.8 Å². The molecule has 5 rings (SSSR count). The van der Waals surface area contributed by atoms with E-state index in [9.17, 15) is 14.4 Å². The summed E-state index contributed by atoms with van der Waals surface area (Å²) in [4.78, 5) is 42.4. The van der Waals surface area contributed by atoms with Crippen LogP contribution < -0.4 is 15.0 Å². The SMILES string of the molecule is CCOC(=O)C1N[C@H]2[C@H](C(=O)C(=C3OCCO3)C(=O)N2c2ccc(C)cc2)[C@H]1c1ccc(OC)cc1. The molecule has 0 aliphatic carbocycles. The van der Waals surface area contributed by atoms with Gasteiger partial charge < -0.3 is 18.9 Å². The number of hydrogen-bond acceptors (Lipinski definition) is 8. The molecule has 2 aromatic carbocycles. The maximum absolute atomic E-state index is 14.0. The van der Waals surface area contributed by atoms with Crippen molar-refractivity contribution in [2.24, 2.45) is 5.92 Å². The number of carbonyl (C=O) groups excluding carboxylic acids is 3. The van der Waals surface area contributed by atoms with Crippen molar-refractivity contribution in [3.63, 3.8) is 0 Å². The second-order valence-electron chi connectivity index (χ2n) is 8.90. The number of hydrogen-bond donors (Lipinski definition) is 1. The fraction of sp³-hybridized carbons (Fsp3) is 0.370. The number of fused-ring (bicyclic) bond motifs is 1. The highest BCUT2D eigenvalue weighted by molar-refractivity contribution is 6.28. The first-order valence-electron chi connectivity index (χ1n) is 12.0. The first kappa shape index (κ1) is 23.9. The highest BCUT2D eigenvalue weighted by Crippen LogP contribution is 2.45. The number of nitrogens with one attached hydrogen (secondary N) is 1. The molecule has 9 heteroatoms. The zero-order valence-electron chi connectivity index (χ0n) is 20.4. The van der Waals surface area contributed by atoms with Gasteiger partial charge in [0.1, 0.15) is 25.0 Å². The minimum atomic E-state index is -0.854. The Hall–Kier alpha value is -3.85. The summed E-state index contributed by atoms with van der Waals surface area (Å²) in [5.74, 6) is -2.26. The summed E-state index contributed by atoms with van der Waals surface area (Å²) < 4.78 is 21.7. The molecule has 2 aromatic rings. The van der Waals surface area contributed by atoms with Crippen molar-refractivity contribution >= 4 is 23.3 Å². The van der Waals surface area contributed by atoms with Gasteiger partial charge >= 0.3 is 5.97 Å². The van der Waals surface area contributed by atoms with E-state index in [1.807, 2.05) is 43.3 Å². The number of methoxy groups -OCH3 is 1. The molecule has 4 atom stereocenters. The number of carbonyl (C=O) groups is 3. The third kappa shape index (κ3) is 3.99. The standard InChI is InChI=1S/C27H28N2O7/c1-4-34-26(32)22-19(16-7-11-18(33-3)12-8-16)20-23(30)21(27-35-13-14-36-27)25(31)29(24(20)28-22)17-9-5-15(2)6-10-17/h5-12,19-20,22,24,28H,4,13-14H2,1-3H3/t19-,20+,22?,24-/m1/s1. The number of anilines is 1. The van der Waals surface area contributed by atoms with Crippen molar-refractivity contribution in [3.05, 3.63) is 71.2 Å². The minimum Gasteiger partial charge on any atom is -0.497 e. The van der Waals surface area contributed by atoms with Crippen LogP contribution >= 0.6 is 0 Å². The number of nitrogens with zero attached hydrogens (tertiary/aromatic N) is 1. The van der Waals surface area contributed by atoms with Gasteiger partial charge in [0, 0.05) is 11.6 Å². The molecule has 0 spiro atoms. The largest absolute Gasteiger partial charge is 0.497 e. The van der Waals surface area contributed by atoms with E-state index < -0.39 is 41.7 Å². The summed E-state index contributed by atoms with van der Waals surface area (Å²) in [5, 5.41) is 3.26. The van der Waals surface area contributed by atoms with Crippen LogP contribution in [0.1, 0.15) is 24.0 Å². The quantitative estimate of drug-likeness (QED) is 0.386. The van der Waals surface area contributed by atoms with Crippen LogP contribution in [0.25, 0.3) is 0 Å². The smallest absolute Gasteiger partial charge is 0.323 e. The number of rotatable bonds is 5. The first-order chi connectivity index (χ1) is 17.4. The Morgan fingerprint density at radius 2 is 1.69 bits per heavy atom. The van der Waals surface area contributed by atoms with Gasteiger partial charge in [-0.1, -0.05) is 29.8 Å². The van der Waals surface area contributed by atoms with Crippen LogP contribution in [0.5, 0.6) is 5.75 Å². The summed E-state index contributed by atoms with van der Waals surface area (Å²) in [5.41, 5.74) is 2.23. The van der Waals surface area contributed by atoms with Gasteiger partial charge in [-0.15, -0.1) is 0 Å². The molecular weight excluding hydrogens is 464 g/mol. The lowest BCUT2D eigenvalue weighted by Crippen LogP contribution is -2.58. The molecule has 3 aliphatic rings. The lowest BCUT2D eigenvalue weighted by Gasteiger charge is -2.38. The van der Waals surface area contributed by atoms with Crippen molar-refractivity contribution in [2.75, 3.05) is 31.8 Å². The van der Waals surface area contributed by atoms with Crippen molar-refractivity contribution < 1.29 is 33.3 Å². The third-order valence-electron chi connectivity index (χ3n) is 6.80. The molecule has 0 saturated carbocycles. The average molecular weight is 493 g/mol. The summed E-state index contributed by atoms with van der Waals surface area (Å²) in [6.45, 7) is 4.37. The van der Waals surface area contributed by atoms with Crippen molar-refractivity contribution in [2.45, 2.75) is 32.0 Å². The molecule has 1 amide bonds. The molecule has 3 saturated heterocycles. The number of Topliss-reactive ketones (excluding diaryl/α,β-unsaturated/α-hetero) is 1. The zero-order chi connectivity index (χ0) is 25.4. The number of ether oxygens (including phenoxy) is 4. The van der Waals surface area contributed by atoms with Crippen LogP contribution in [0.3, 0.4) is 0 Å². The van der Waals surface area contributed by atoms with Crippen LogP contribution in [0.15, 0.2) is 60.0 Å². The van der Waals surface area contributed by atoms with Gasteiger partial charge in [0.2, 0.25) is 0 Å². The fourth-order valence-electron chi connectivity index (χ4n) is 5.15. The van der Waals surface area contributed by atoms with E-state index in [2.05, 4.69) is 5.32 Å². The number of aryl methyl sites for hydroxylation is 1. The van der Waals surface area contributed by atoms with Gasteiger partial charge in [0.05, 0.1) is 25.8 Å². The summed E-state index contributed by atoms with van der Waals surface area (Å²) in [6.07, 6.45) is -0.778. The Balaban J connectivity index is 1.67. The number of piperidine rings is 1. The van der Waals surface area contributed by atoms with E-state index in [-0.39, 0.29) is 31.3 Å². The Bertz CT molecular complexity index is 1200. The number of ketones is 1. The van der Waals surface area contributed by atoms with E-state index in [0.717, 1.165) is 11.1 Å². The molecule has 3 heterocycles. The van der Waals surface area contributed by atoms with E-state index >= 15 is 0 Å². The van der Waals surface area contributed by atoms with Crippen LogP contribution in [-0.4, -0.2) is 56.8 Å². The van der Waals surface area contributed by atoms with Gasteiger partial charge in [0.25, 0.3) is 11.9 Å². The molecular formula is C27H28N2O7. The molecule has 0 aromatic heterocycles. The van der Waals surface area contributed by atoms with Gasteiger partial charge in [-0.3, -0.25) is 24.6 Å². The maximum atomic E-state index is 14.0. The molecule has 1 N–H and O–H groups in total. The second-order valence-corrected chi connectivity index (χ2v) is 8.90. The average Bonchev–Trinajstić information content (AvgIpc) is 3.54. The molecule has 36 heavy (non-hydrogen) atoms. The third-order valence-corrected chi connectivity index (χ3v) is 6.80. The summed E-state index contributed by atoms with van der Waals surface area (Å²) >= 11 is 0. The number of amides is 1. The topological polar surface area (TPSA) is 103 Å². The highest BCUT2D eigenvalue weighted by Gasteiger charge is 2.59. The zero-order valence-corrected chi connectivity index (χ0v) is 20.4. The molecule has 0 bridgehead atoms. The summed E-state index contributed by atoms with van der Waals surface area (Å²) in [7, 11) is 1.57. The van der Waals surface area contributed by atoms with E-state index in [0.29, 0.717) is 11.4 Å². The van der Waals surface area contributed by atoms with E-state index in [4.69, 9.17) is 18.9 Å². The Morgan fingerprint density at radius 1 is 1.03 bits per heavy atom. The monoisotopic (exact) mass is 492 g/mol. The highest BCUT2D eigenvalue weighted by atomic mass is 16.7. The van der Waals surface area contributed by atoms with Gasteiger partial charge in [-0.05, 0) is 43.7 Å². The van der Waals surface area contributed by atoms with Crippen LogP contribution in [0.4, 0.5) is 5.69 Å². The van der Waals surface area contributed by atoms with E-state index in [1.165, 1.54) is 4.90 Å². The fourth-order valence-corrected chi connectivity index (χ4v) is 5.15. The second kappa shape index (κ2) is 9.66. The van der Waals surface area contributed by atoms with Crippen molar-refractivity contribution in [3.8, 4) is 5.75 Å². The van der Waals surface area contributed by atoms with Crippen molar-refractivity contribution in [1.82, 2.24) is 5.32 Å². The Kier molecular flexibility index (Phi) is 6.40. The molecule has 0 radical (unpaired) electrons. The lowest BCUT2D eigenvalue weighted by molar-refractivity contribution is -0.145. The normalized spacial score (nSPS) is 25.4. The molecule has 3 aliphatic heterocycles. The molecule has 1 unspecified atom stereocenters. The molecule has 188 valence electrons. The predicted octanol–water partition coefficient (Wildman–Crippen LogP) is 2.44. The lowest BCUT2D eigenvalue weighted by atomic mass is 9.76. The number of benzene rings is 2. The van der Waals surface area contributed by atoms with Gasteiger partial charge in [-0.2, -0.15) is 0 Å². The molecule has 3 fully saturated rings. The summed E-state index contributed by atoms with van der Waals surface area (Å²) in [6, 6.07) is 13.8. The maximum Gasteiger partial charge on any atom is 0.323 e. The predicted molar refractivity (Wildman–Crippen MR) is 129 cm³/mol. The Labute approximate surface area is 209 Å². The first-order valence-corrected chi connectivity index (χ1v) is 12.0. The molecule has 9 nitrogen and oxygen atoms in total. The van der Waals surface area contributed by atoms with Crippen LogP contribution in [-0.2, 0) is 28.6 Å². The number of esters is 1.